The predicted molar refractivity (Wildman–Crippen MR) is 125 cm³/mol. The molecular weight excluding hydrogens is 440 g/mol. The van der Waals surface area contributed by atoms with Crippen LogP contribution >= 0.6 is 11.8 Å². The van der Waals surface area contributed by atoms with Gasteiger partial charge in [-0.25, -0.2) is 0 Å². The van der Waals surface area contributed by atoms with Crippen LogP contribution in [0.4, 0.5) is 0 Å². The third-order valence-corrected chi connectivity index (χ3v) is 7.32. The van der Waals surface area contributed by atoms with Gasteiger partial charge in [0.2, 0.25) is 0 Å². The summed E-state index contributed by atoms with van der Waals surface area (Å²) in [6.07, 6.45) is -0.420. The standard InChI is InChI=1S/C26H26O6S/c1-28-19-6-9-21(10-7-19)33-24-16-32-23-15-20(29-2)8-11-22(23)26(24,27)18-5-3-4-17(14-18)25-30-12-13-31-25/h3-11,14-15,24-25,27H,12-13,16H2,1-2H3. The molecule has 0 aromatic heterocycles. The van der Waals surface area contributed by atoms with Gasteiger partial charge in [0.1, 0.15) is 29.5 Å². The minimum atomic E-state index is -1.31. The maximum absolute atomic E-state index is 12.4. The molecule has 1 saturated heterocycles. The molecule has 2 atom stereocenters. The molecule has 2 heterocycles. The highest BCUT2D eigenvalue weighted by Gasteiger charge is 2.46. The predicted octanol–water partition coefficient (Wildman–Crippen LogP) is 4.54. The van der Waals surface area contributed by atoms with Crippen molar-refractivity contribution in [1.29, 1.82) is 0 Å². The Bertz CT molecular complexity index is 1110. The van der Waals surface area contributed by atoms with E-state index in [4.69, 9.17) is 23.7 Å². The summed E-state index contributed by atoms with van der Waals surface area (Å²) in [6, 6.07) is 21.2. The van der Waals surface area contributed by atoms with E-state index in [0.717, 1.165) is 21.8 Å². The highest BCUT2D eigenvalue weighted by Crippen LogP contribution is 2.49. The average Bonchev–Trinajstić information content (AvgIpc) is 3.41. The molecule has 3 aromatic rings. The van der Waals surface area contributed by atoms with E-state index in [-0.39, 0.29) is 5.25 Å². The molecule has 0 spiro atoms. The molecule has 3 aromatic carbocycles. The van der Waals surface area contributed by atoms with E-state index >= 15 is 0 Å². The summed E-state index contributed by atoms with van der Waals surface area (Å²) >= 11 is 1.57. The van der Waals surface area contributed by atoms with Crippen molar-refractivity contribution in [1.82, 2.24) is 0 Å². The number of benzene rings is 3. The first kappa shape index (κ1) is 22.1. The molecule has 0 amide bonds. The second-order valence-corrected chi connectivity index (χ2v) is 9.20. The normalized spacial score (nSPS) is 22.5. The number of hydrogen-bond acceptors (Lipinski definition) is 7. The fourth-order valence-corrected chi connectivity index (χ4v) is 5.47. The van der Waals surface area contributed by atoms with Crippen molar-refractivity contribution in [2.45, 2.75) is 22.0 Å². The molecule has 0 aliphatic carbocycles. The van der Waals surface area contributed by atoms with Crippen LogP contribution in [0, 0.1) is 0 Å². The van der Waals surface area contributed by atoms with Gasteiger partial charge < -0.3 is 28.8 Å². The van der Waals surface area contributed by atoms with Crippen LogP contribution in [-0.4, -0.2) is 44.4 Å². The van der Waals surface area contributed by atoms with Crippen molar-refractivity contribution in [2.24, 2.45) is 0 Å². The molecule has 2 aliphatic rings. The van der Waals surface area contributed by atoms with Crippen LogP contribution in [-0.2, 0) is 15.1 Å². The van der Waals surface area contributed by atoms with Crippen LogP contribution in [0.3, 0.4) is 0 Å². The SMILES string of the molecule is COc1ccc(SC2COc3cc(OC)ccc3C2(O)c2cccc(C3OCCO3)c2)cc1. The summed E-state index contributed by atoms with van der Waals surface area (Å²) < 4.78 is 28.2. The molecule has 6 nitrogen and oxygen atoms in total. The third-order valence-electron chi connectivity index (χ3n) is 6.01. The Morgan fingerprint density at radius 2 is 1.64 bits per heavy atom. The highest BCUT2D eigenvalue weighted by atomic mass is 32.2. The number of aliphatic hydroxyl groups is 1. The number of methoxy groups -OCH3 is 2. The van der Waals surface area contributed by atoms with Crippen molar-refractivity contribution in [3.05, 3.63) is 83.4 Å². The number of hydrogen-bond donors (Lipinski definition) is 1. The van der Waals surface area contributed by atoms with Gasteiger partial charge in [0.25, 0.3) is 0 Å². The molecule has 7 heteroatoms. The van der Waals surface area contributed by atoms with Crippen LogP contribution in [0.5, 0.6) is 17.2 Å². The molecule has 2 unspecified atom stereocenters. The molecule has 5 rings (SSSR count). The van der Waals surface area contributed by atoms with Crippen molar-refractivity contribution in [2.75, 3.05) is 34.0 Å². The second kappa shape index (κ2) is 9.27. The van der Waals surface area contributed by atoms with Gasteiger partial charge in [-0.1, -0.05) is 18.2 Å². The second-order valence-electron chi connectivity index (χ2n) is 7.92. The largest absolute Gasteiger partial charge is 0.497 e. The van der Waals surface area contributed by atoms with Gasteiger partial charge in [-0.15, -0.1) is 11.8 Å². The molecule has 0 bridgehead atoms. The van der Waals surface area contributed by atoms with Gasteiger partial charge in [-0.3, -0.25) is 0 Å². The van der Waals surface area contributed by atoms with Crippen LogP contribution < -0.4 is 14.2 Å². The number of rotatable bonds is 6. The zero-order valence-corrected chi connectivity index (χ0v) is 19.3. The Morgan fingerprint density at radius 1 is 0.909 bits per heavy atom. The van der Waals surface area contributed by atoms with Gasteiger partial charge in [-0.05, 0) is 48.0 Å². The third kappa shape index (κ3) is 4.17. The lowest BCUT2D eigenvalue weighted by atomic mass is 9.81. The van der Waals surface area contributed by atoms with Gasteiger partial charge in [-0.2, -0.15) is 0 Å². The summed E-state index contributed by atoms with van der Waals surface area (Å²) in [5, 5.41) is 12.1. The van der Waals surface area contributed by atoms with Crippen LogP contribution in [0.15, 0.2) is 71.6 Å². The van der Waals surface area contributed by atoms with Gasteiger partial charge >= 0.3 is 0 Å². The first-order valence-corrected chi connectivity index (χ1v) is 11.7. The van der Waals surface area contributed by atoms with Crippen LogP contribution in [0.25, 0.3) is 0 Å². The Kier molecular flexibility index (Phi) is 6.21. The molecule has 1 N–H and O–H groups in total. The van der Waals surface area contributed by atoms with E-state index in [2.05, 4.69) is 0 Å². The number of fused-ring (bicyclic) bond motifs is 1. The molecule has 172 valence electrons. The molecule has 33 heavy (non-hydrogen) atoms. The number of ether oxygens (including phenoxy) is 5. The van der Waals surface area contributed by atoms with E-state index in [9.17, 15) is 5.11 Å². The monoisotopic (exact) mass is 466 g/mol. The van der Waals surface area contributed by atoms with E-state index in [0.29, 0.717) is 36.9 Å². The van der Waals surface area contributed by atoms with Crippen molar-refractivity contribution >= 4 is 11.8 Å². The minimum absolute atomic E-state index is 0.299. The summed E-state index contributed by atoms with van der Waals surface area (Å²) in [4.78, 5) is 1.01. The van der Waals surface area contributed by atoms with E-state index in [1.165, 1.54) is 0 Å². The maximum Gasteiger partial charge on any atom is 0.184 e. The lowest BCUT2D eigenvalue weighted by Gasteiger charge is -2.41. The zero-order valence-electron chi connectivity index (χ0n) is 18.5. The van der Waals surface area contributed by atoms with Crippen molar-refractivity contribution in [3.63, 3.8) is 0 Å². The molecule has 0 saturated carbocycles. The summed E-state index contributed by atoms with van der Waals surface area (Å²) in [5.41, 5.74) is 1.04. The Labute approximate surface area is 197 Å². The Morgan fingerprint density at radius 3 is 2.36 bits per heavy atom. The Hall–Kier alpha value is -2.71. The van der Waals surface area contributed by atoms with Gasteiger partial charge in [0.05, 0.1) is 32.7 Å². The van der Waals surface area contributed by atoms with Gasteiger partial charge in [0, 0.05) is 22.1 Å². The molecular formula is C26H26O6S. The van der Waals surface area contributed by atoms with Gasteiger partial charge in [0.15, 0.2) is 6.29 Å². The molecule has 2 aliphatic heterocycles. The lowest BCUT2D eigenvalue weighted by Crippen LogP contribution is -2.45. The first-order valence-electron chi connectivity index (χ1n) is 10.8. The van der Waals surface area contributed by atoms with E-state index in [1.807, 2.05) is 66.7 Å². The maximum atomic E-state index is 12.4. The van der Waals surface area contributed by atoms with Crippen LogP contribution in [0.2, 0.25) is 0 Å². The number of thioether (sulfide) groups is 1. The fraction of sp³-hybridized carbons (Fsp3) is 0.308. The quantitative estimate of drug-likeness (QED) is 0.572. The smallest absolute Gasteiger partial charge is 0.184 e. The highest BCUT2D eigenvalue weighted by molar-refractivity contribution is 8.00. The summed E-state index contributed by atoms with van der Waals surface area (Å²) in [7, 11) is 3.26. The summed E-state index contributed by atoms with van der Waals surface area (Å²) in [5.74, 6) is 2.08. The lowest BCUT2D eigenvalue weighted by molar-refractivity contribution is -0.0444. The fourth-order valence-electron chi connectivity index (χ4n) is 4.28. The summed E-state index contributed by atoms with van der Waals surface area (Å²) in [6.45, 7) is 1.45. The van der Waals surface area contributed by atoms with E-state index < -0.39 is 11.9 Å². The van der Waals surface area contributed by atoms with E-state index in [1.54, 1.807) is 26.0 Å². The first-order chi connectivity index (χ1) is 16.1. The zero-order chi connectivity index (χ0) is 22.8. The van der Waals surface area contributed by atoms with Crippen molar-refractivity contribution < 1.29 is 28.8 Å². The molecule has 1 fully saturated rings. The Balaban J connectivity index is 1.57. The minimum Gasteiger partial charge on any atom is -0.497 e. The topological polar surface area (TPSA) is 66.4 Å². The molecule has 0 radical (unpaired) electrons. The average molecular weight is 467 g/mol. The van der Waals surface area contributed by atoms with Crippen molar-refractivity contribution in [3.8, 4) is 17.2 Å². The van der Waals surface area contributed by atoms with Crippen LogP contribution in [0.1, 0.15) is 23.0 Å².